The molecule has 0 spiro atoms. The van der Waals surface area contributed by atoms with E-state index in [1.165, 1.54) is 55.4 Å². The highest BCUT2D eigenvalue weighted by molar-refractivity contribution is 7.14. The van der Waals surface area contributed by atoms with Crippen LogP contribution in [-0.4, -0.2) is 47.9 Å². The van der Waals surface area contributed by atoms with E-state index in [0.29, 0.717) is 17.6 Å². The monoisotopic (exact) mass is 452 g/mol. The number of likely N-dealkylation sites (tertiary alicyclic amines) is 1. The third-order valence-electron chi connectivity index (χ3n) is 7.06. The zero-order chi connectivity index (χ0) is 21.9. The summed E-state index contributed by atoms with van der Waals surface area (Å²) in [7, 11) is 0. The second-order valence-corrected chi connectivity index (χ2v) is 10.2. The van der Waals surface area contributed by atoms with Crippen molar-refractivity contribution in [3.63, 3.8) is 0 Å². The molecule has 0 bridgehead atoms. The summed E-state index contributed by atoms with van der Waals surface area (Å²) in [5, 5.41) is 5.61. The number of fused-ring (bicyclic) bond motifs is 1. The van der Waals surface area contributed by atoms with E-state index in [1.54, 1.807) is 0 Å². The lowest BCUT2D eigenvalue weighted by Gasteiger charge is -2.26. The number of thiazole rings is 1. The number of piperidine rings is 1. The predicted octanol–water partition coefficient (Wildman–Crippen LogP) is 4.70. The Morgan fingerprint density at radius 3 is 2.62 bits per heavy atom. The summed E-state index contributed by atoms with van der Waals surface area (Å²) >= 11 is 1.47. The third-order valence-corrected chi connectivity index (χ3v) is 7.82. The Hall–Kier alpha value is -2.25. The quantitative estimate of drug-likeness (QED) is 0.714. The molecule has 32 heavy (non-hydrogen) atoms. The molecule has 1 aromatic heterocycles. The Morgan fingerprint density at radius 1 is 1.03 bits per heavy atom. The van der Waals surface area contributed by atoms with Gasteiger partial charge in [0.05, 0.1) is 12.2 Å². The van der Waals surface area contributed by atoms with Crippen LogP contribution in [0.1, 0.15) is 56.9 Å². The molecule has 0 unspecified atom stereocenters. The number of amides is 2. The maximum atomic E-state index is 13.0. The molecule has 1 aliphatic carbocycles. The van der Waals surface area contributed by atoms with Crippen LogP contribution < -0.4 is 10.2 Å². The summed E-state index contributed by atoms with van der Waals surface area (Å²) in [5.41, 5.74) is 4.21. The van der Waals surface area contributed by atoms with E-state index < -0.39 is 0 Å². The molecule has 2 aliphatic heterocycles. The molecule has 1 aromatic carbocycles. The number of hydrogen-bond donors (Lipinski definition) is 1. The second-order valence-electron chi connectivity index (χ2n) is 9.34. The first-order valence-electron chi connectivity index (χ1n) is 12.1. The van der Waals surface area contributed by atoms with Crippen molar-refractivity contribution in [2.45, 2.75) is 57.8 Å². The number of anilines is 2. The van der Waals surface area contributed by atoms with Crippen molar-refractivity contribution >= 4 is 34.0 Å². The highest BCUT2D eigenvalue weighted by Gasteiger charge is 2.31. The van der Waals surface area contributed by atoms with Crippen LogP contribution in [0.2, 0.25) is 0 Å². The number of hydrogen-bond acceptors (Lipinski definition) is 5. The van der Waals surface area contributed by atoms with Gasteiger partial charge in [-0.15, -0.1) is 11.3 Å². The summed E-state index contributed by atoms with van der Waals surface area (Å²) in [4.78, 5) is 34.3. The van der Waals surface area contributed by atoms with Gasteiger partial charge in [-0.3, -0.25) is 14.5 Å². The van der Waals surface area contributed by atoms with Gasteiger partial charge in [0, 0.05) is 29.1 Å². The minimum Gasteiger partial charge on any atom is -0.312 e. The highest BCUT2D eigenvalue weighted by Crippen LogP contribution is 2.36. The highest BCUT2D eigenvalue weighted by atomic mass is 32.1. The third kappa shape index (κ3) is 4.74. The topological polar surface area (TPSA) is 65.5 Å². The molecule has 2 amide bonds. The number of rotatable bonds is 5. The summed E-state index contributed by atoms with van der Waals surface area (Å²) in [6.45, 7) is 3.24. The Kier molecular flexibility index (Phi) is 6.55. The molecule has 7 heteroatoms. The minimum atomic E-state index is 0.0126. The fraction of sp³-hybridized carbons (Fsp3) is 0.560. The smallest absolute Gasteiger partial charge is 0.240 e. The van der Waals surface area contributed by atoms with Crippen molar-refractivity contribution in [3.8, 4) is 11.3 Å². The molecular formula is C25H32N4O2S. The van der Waals surface area contributed by atoms with Crippen LogP contribution in [0, 0.1) is 5.92 Å². The number of carbonyl (C=O) groups is 2. The Labute approximate surface area is 194 Å². The molecule has 5 rings (SSSR count). The first-order valence-corrected chi connectivity index (χ1v) is 13.0. The van der Waals surface area contributed by atoms with Crippen LogP contribution in [0.3, 0.4) is 0 Å². The van der Waals surface area contributed by atoms with Gasteiger partial charge in [-0.25, -0.2) is 4.98 Å². The minimum absolute atomic E-state index is 0.0126. The van der Waals surface area contributed by atoms with Gasteiger partial charge in [0.1, 0.15) is 0 Å². The van der Waals surface area contributed by atoms with Gasteiger partial charge in [-0.2, -0.15) is 0 Å². The van der Waals surface area contributed by atoms with Crippen molar-refractivity contribution in [2.24, 2.45) is 5.92 Å². The number of aromatic nitrogens is 1. The van der Waals surface area contributed by atoms with Crippen LogP contribution in [0.15, 0.2) is 23.6 Å². The van der Waals surface area contributed by atoms with Gasteiger partial charge < -0.3 is 10.2 Å². The van der Waals surface area contributed by atoms with Crippen molar-refractivity contribution in [3.05, 3.63) is 29.1 Å². The number of benzene rings is 1. The fourth-order valence-corrected chi connectivity index (χ4v) is 6.04. The van der Waals surface area contributed by atoms with E-state index in [0.717, 1.165) is 55.8 Å². The van der Waals surface area contributed by atoms with Crippen molar-refractivity contribution in [1.29, 1.82) is 0 Å². The lowest BCUT2D eigenvalue weighted by Crippen LogP contribution is -2.36. The SMILES string of the molecule is O=C(CN1CCCCC1)Nc1nc(-c2ccc3c(c2)CCN3C(=O)C2CCCCC2)cs1. The standard InChI is InChI=1S/C25H32N4O2S/c30-23(16-28-12-5-2-6-13-28)27-25-26-21(17-32-25)19-9-10-22-20(15-19)11-14-29(22)24(31)18-7-3-1-4-8-18/h9-10,15,17-18H,1-8,11-14,16H2,(H,26,27,30). The lowest BCUT2D eigenvalue weighted by molar-refractivity contribution is -0.123. The van der Waals surface area contributed by atoms with Gasteiger partial charge in [-0.1, -0.05) is 31.7 Å². The van der Waals surface area contributed by atoms with E-state index in [1.807, 2.05) is 10.3 Å². The molecular weight excluding hydrogens is 420 g/mol. The second kappa shape index (κ2) is 9.71. The maximum Gasteiger partial charge on any atom is 0.240 e. The number of nitrogens with one attached hydrogen (secondary N) is 1. The predicted molar refractivity (Wildman–Crippen MR) is 129 cm³/mol. The molecule has 170 valence electrons. The normalized spacial score (nSPS) is 19.7. The molecule has 3 aliphatic rings. The molecule has 0 atom stereocenters. The Balaban J connectivity index is 1.23. The molecule has 2 aromatic rings. The summed E-state index contributed by atoms with van der Waals surface area (Å²) in [6, 6.07) is 6.30. The molecule has 6 nitrogen and oxygen atoms in total. The molecule has 2 fully saturated rings. The van der Waals surface area contributed by atoms with E-state index in [2.05, 4.69) is 33.4 Å². The van der Waals surface area contributed by atoms with Crippen LogP contribution in [0.25, 0.3) is 11.3 Å². The van der Waals surface area contributed by atoms with Gasteiger partial charge in [-0.05, 0) is 62.9 Å². The summed E-state index contributed by atoms with van der Waals surface area (Å²) in [6.07, 6.45) is 10.2. The van der Waals surface area contributed by atoms with Crippen LogP contribution in [0.4, 0.5) is 10.8 Å². The van der Waals surface area contributed by atoms with Gasteiger partial charge in [0.2, 0.25) is 11.8 Å². The first kappa shape index (κ1) is 21.6. The van der Waals surface area contributed by atoms with Crippen LogP contribution in [0.5, 0.6) is 0 Å². The van der Waals surface area contributed by atoms with E-state index in [4.69, 9.17) is 0 Å². The average Bonchev–Trinajstić information content (AvgIpc) is 3.46. The van der Waals surface area contributed by atoms with Gasteiger partial charge in [0.15, 0.2) is 5.13 Å². The molecule has 3 heterocycles. The molecule has 1 N–H and O–H groups in total. The molecule has 1 saturated carbocycles. The van der Waals surface area contributed by atoms with E-state index >= 15 is 0 Å². The maximum absolute atomic E-state index is 13.0. The Bertz CT molecular complexity index is 976. The average molecular weight is 453 g/mol. The molecule has 1 saturated heterocycles. The van der Waals surface area contributed by atoms with Crippen molar-refractivity contribution in [2.75, 3.05) is 36.4 Å². The summed E-state index contributed by atoms with van der Waals surface area (Å²) < 4.78 is 0. The zero-order valence-electron chi connectivity index (χ0n) is 18.6. The molecule has 0 radical (unpaired) electrons. The Morgan fingerprint density at radius 2 is 1.81 bits per heavy atom. The van der Waals surface area contributed by atoms with Crippen LogP contribution in [-0.2, 0) is 16.0 Å². The van der Waals surface area contributed by atoms with Crippen LogP contribution >= 0.6 is 11.3 Å². The van der Waals surface area contributed by atoms with Gasteiger partial charge in [0.25, 0.3) is 0 Å². The van der Waals surface area contributed by atoms with E-state index in [9.17, 15) is 9.59 Å². The fourth-order valence-electron chi connectivity index (χ4n) is 5.30. The van der Waals surface area contributed by atoms with E-state index in [-0.39, 0.29) is 11.8 Å². The largest absolute Gasteiger partial charge is 0.312 e. The summed E-state index contributed by atoms with van der Waals surface area (Å²) in [5.74, 6) is 0.520. The number of carbonyl (C=O) groups excluding carboxylic acids is 2. The van der Waals surface area contributed by atoms with Crippen molar-refractivity contribution in [1.82, 2.24) is 9.88 Å². The van der Waals surface area contributed by atoms with Gasteiger partial charge >= 0.3 is 0 Å². The number of nitrogens with zero attached hydrogens (tertiary/aromatic N) is 3. The zero-order valence-corrected chi connectivity index (χ0v) is 19.5. The first-order chi connectivity index (χ1) is 15.7. The lowest BCUT2D eigenvalue weighted by atomic mass is 9.88. The van der Waals surface area contributed by atoms with Crippen molar-refractivity contribution < 1.29 is 9.59 Å².